The first kappa shape index (κ1) is 18.2. The molecule has 0 bridgehead atoms. The van der Waals surface area contributed by atoms with Crippen molar-refractivity contribution in [1.29, 1.82) is 0 Å². The Morgan fingerprint density at radius 3 is 2.24 bits per heavy atom. The molecule has 0 saturated heterocycles. The Morgan fingerprint density at radius 1 is 1.10 bits per heavy atom. The predicted molar refractivity (Wildman–Crippen MR) is 93.8 cm³/mol. The van der Waals surface area contributed by atoms with Gasteiger partial charge in [-0.15, -0.1) is 0 Å². The van der Waals surface area contributed by atoms with Crippen molar-refractivity contribution in [2.75, 3.05) is 20.1 Å². The molecule has 120 valence electrons. The fourth-order valence-corrected chi connectivity index (χ4v) is 2.55. The summed E-state index contributed by atoms with van der Waals surface area (Å²) in [5.41, 5.74) is 2.75. The summed E-state index contributed by atoms with van der Waals surface area (Å²) < 4.78 is 0. The van der Waals surface area contributed by atoms with Gasteiger partial charge < -0.3 is 10.2 Å². The molecule has 1 aromatic rings. The van der Waals surface area contributed by atoms with E-state index >= 15 is 0 Å². The Morgan fingerprint density at radius 2 is 1.71 bits per heavy atom. The molecule has 1 N–H and O–H groups in total. The minimum absolute atomic E-state index is 0.465. The Labute approximate surface area is 131 Å². The number of aryl methyl sites for hydroxylation is 1. The van der Waals surface area contributed by atoms with Gasteiger partial charge in [-0.05, 0) is 58.3 Å². The molecule has 0 amide bonds. The van der Waals surface area contributed by atoms with E-state index < -0.39 is 0 Å². The average molecular weight is 290 g/mol. The molecule has 0 aliphatic heterocycles. The van der Waals surface area contributed by atoms with Gasteiger partial charge in [0.1, 0.15) is 0 Å². The van der Waals surface area contributed by atoms with Gasteiger partial charge in [-0.25, -0.2) is 0 Å². The lowest BCUT2D eigenvalue weighted by molar-refractivity contribution is 0.198. The van der Waals surface area contributed by atoms with E-state index in [1.807, 2.05) is 0 Å². The number of benzene rings is 1. The molecule has 2 nitrogen and oxygen atoms in total. The van der Waals surface area contributed by atoms with E-state index in [2.05, 4.69) is 76.1 Å². The van der Waals surface area contributed by atoms with Crippen LogP contribution in [0.3, 0.4) is 0 Å². The van der Waals surface area contributed by atoms with E-state index in [9.17, 15) is 0 Å². The van der Waals surface area contributed by atoms with E-state index in [4.69, 9.17) is 0 Å². The van der Waals surface area contributed by atoms with E-state index in [1.165, 1.54) is 17.5 Å². The van der Waals surface area contributed by atoms with Crippen molar-refractivity contribution in [2.45, 2.75) is 59.5 Å². The van der Waals surface area contributed by atoms with Crippen LogP contribution in [0.15, 0.2) is 24.3 Å². The smallest absolute Gasteiger partial charge is 0.0332 e. The minimum atomic E-state index is 0.465. The van der Waals surface area contributed by atoms with Crippen molar-refractivity contribution in [3.8, 4) is 0 Å². The molecule has 0 heterocycles. The number of rotatable bonds is 9. The van der Waals surface area contributed by atoms with Crippen LogP contribution in [0.4, 0.5) is 0 Å². The minimum Gasteiger partial charge on any atom is -0.310 e. The standard InChI is InChI=1S/C19H34N2/c1-7-13-20-19(18-10-8-16(4)9-11-18)12-14-21(6)17(5)15(2)3/h8-11,15,17,19-20H,7,12-14H2,1-6H3. The molecule has 2 heteroatoms. The van der Waals surface area contributed by atoms with Crippen LogP contribution in [0.1, 0.15) is 57.7 Å². The maximum absolute atomic E-state index is 3.70. The van der Waals surface area contributed by atoms with Crippen LogP contribution < -0.4 is 5.32 Å². The first-order chi connectivity index (χ1) is 9.95. The highest BCUT2D eigenvalue weighted by molar-refractivity contribution is 5.24. The molecule has 21 heavy (non-hydrogen) atoms. The summed E-state index contributed by atoms with van der Waals surface area (Å²) in [7, 11) is 2.25. The zero-order valence-corrected chi connectivity index (χ0v) is 14.8. The van der Waals surface area contributed by atoms with Crippen LogP contribution in [-0.4, -0.2) is 31.1 Å². The number of hydrogen-bond acceptors (Lipinski definition) is 2. The van der Waals surface area contributed by atoms with Crippen LogP contribution in [0, 0.1) is 12.8 Å². The molecule has 2 unspecified atom stereocenters. The Bertz CT molecular complexity index is 383. The number of nitrogens with zero attached hydrogens (tertiary/aromatic N) is 1. The fraction of sp³-hybridized carbons (Fsp3) is 0.684. The van der Waals surface area contributed by atoms with E-state index in [0.29, 0.717) is 18.0 Å². The van der Waals surface area contributed by atoms with Crippen LogP contribution in [-0.2, 0) is 0 Å². The third-order valence-corrected chi connectivity index (χ3v) is 4.55. The van der Waals surface area contributed by atoms with Crippen molar-refractivity contribution in [2.24, 2.45) is 5.92 Å². The van der Waals surface area contributed by atoms with E-state index in [-0.39, 0.29) is 0 Å². The molecule has 0 aliphatic rings. The lowest BCUT2D eigenvalue weighted by Gasteiger charge is -2.30. The molecular formula is C19H34N2. The monoisotopic (exact) mass is 290 g/mol. The SMILES string of the molecule is CCCNC(CCN(C)C(C)C(C)C)c1ccc(C)cc1. The third kappa shape index (κ3) is 6.19. The Hall–Kier alpha value is -0.860. The summed E-state index contributed by atoms with van der Waals surface area (Å²) in [6.45, 7) is 13.5. The summed E-state index contributed by atoms with van der Waals surface area (Å²) in [5.74, 6) is 0.705. The number of nitrogens with one attached hydrogen (secondary N) is 1. The normalized spacial score (nSPS) is 14.7. The molecule has 0 spiro atoms. The molecule has 0 aliphatic carbocycles. The Kier molecular flexibility index (Phi) is 7.98. The second-order valence-corrected chi connectivity index (χ2v) is 6.67. The maximum Gasteiger partial charge on any atom is 0.0332 e. The van der Waals surface area contributed by atoms with Gasteiger partial charge in [0, 0.05) is 12.1 Å². The summed E-state index contributed by atoms with van der Waals surface area (Å²) in [5, 5.41) is 3.70. The topological polar surface area (TPSA) is 15.3 Å². The van der Waals surface area contributed by atoms with Crippen molar-refractivity contribution in [3.05, 3.63) is 35.4 Å². The van der Waals surface area contributed by atoms with Gasteiger partial charge in [0.15, 0.2) is 0 Å². The lowest BCUT2D eigenvalue weighted by atomic mass is 10.0. The van der Waals surface area contributed by atoms with Crippen LogP contribution in [0.25, 0.3) is 0 Å². The van der Waals surface area contributed by atoms with E-state index in [1.54, 1.807) is 0 Å². The first-order valence-corrected chi connectivity index (χ1v) is 8.45. The second kappa shape index (κ2) is 9.22. The highest BCUT2D eigenvalue weighted by atomic mass is 15.1. The molecule has 0 fully saturated rings. The first-order valence-electron chi connectivity index (χ1n) is 8.45. The lowest BCUT2D eigenvalue weighted by Crippen LogP contribution is -2.36. The van der Waals surface area contributed by atoms with Crippen molar-refractivity contribution >= 4 is 0 Å². The third-order valence-electron chi connectivity index (χ3n) is 4.55. The molecule has 1 aromatic carbocycles. The van der Waals surface area contributed by atoms with Crippen LogP contribution in [0.5, 0.6) is 0 Å². The van der Waals surface area contributed by atoms with Crippen molar-refractivity contribution < 1.29 is 0 Å². The Balaban J connectivity index is 2.64. The van der Waals surface area contributed by atoms with Gasteiger partial charge in [-0.3, -0.25) is 0 Å². The van der Waals surface area contributed by atoms with Crippen LogP contribution in [0.2, 0.25) is 0 Å². The summed E-state index contributed by atoms with van der Waals surface area (Å²) in [4.78, 5) is 2.49. The highest BCUT2D eigenvalue weighted by Crippen LogP contribution is 2.19. The summed E-state index contributed by atoms with van der Waals surface area (Å²) >= 11 is 0. The average Bonchev–Trinajstić information content (AvgIpc) is 2.47. The number of hydrogen-bond donors (Lipinski definition) is 1. The zero-order valence-electron chi connectivity index (χ0n) is 14.8. The molecule has 0 saturated carbocycles. The molecule has 0 aromatic heterocycles. The molecule has 2 atom stereocenters. The molecule has 0 radical (unpaired) electrons. The fourth-order valence-electron chi connectivity index (χ4n) is 2.55. The van der Waals surface area contributed by atoms with Crippen molar-refractivity contribution in [1.82, 2.24) is 10.2 Å². The van der Waals surface area contributed by atoms with Crippen molar-refractivity contribution in [3.63, 3.8) is 0 Å². The van der Waals surface area contributed by atoms with Gasteiger partial charge in [0.2, 0.25) is 0 Å². The van der Waals surface area contributed by atoms with Crippen LogP contribution >= 0.6 is 0 Å². The highest BCUT2D eigenvalue weighted by Gasteiger charge is 2.16. The summed E-state index contributed by atoms with van der Waals surface area (Å²) in [6, 6.07) is 10.1. The zero-order chi connectivity index (χ0) is 15.8. The van der Waals surface area contributed by atoms with E-state index in [0.717, 1.165) is 19.5 Å². The maximum atomic E-state index is 3.70. The van der Waals surface area contributed by atoms with Gasteiger partial charge >= 0.3 is 0 Å². The van der Waals surface area contributed by atoms with Gasteiger partial charge in [0.05, 0.1) is 0 Å². The van der Waals surface area contributed by atoms with Gasteiger partial charge in [-0.1, -0.05) is 50.6 Å². The largest absolute Gasteiger partial charge is 0.310 e. The molecular weight excluding hydrogens is 256 g/mol. The van der Waals surface area contributed by atoms with Gasteiger partial charge in [-0.2, -0.15) is 0 Å². The van der Waals surface area contributed by atoms with Gasteiger partial charge in [0.25, 0.3) is 0 Å². The quantitative estimate of drug-likeness (QED) is 0.725. The second-order valence-electron chi connectivity index (χ2n) is 6.67. The molecule has 1 rings (SSSR count). The summed E-state index contributed by atoms with van der Waals surface area (Å²) in [6.07, 6.45) is 2.34. The predicted octanol–water partition coefficient (Wildman–Crippen LogP) is 4.40.